The van der Waals surface area contributed by atoms with E-state index in [-0.39, 0.29) is 140 Å². The largest absolute Gasteiger partial charge is 1.00 e. The molecule has 15 nitrogen and oxygen atoms in total. The van der Waals surface area contributed by atoms with Gasteiger partial charge < -0.3 is 18.8 Å². The number of nitrogens with zero attached hydrogens (tertiary/aromatic N) is 2. The van der Waals surface area contributed by atoms with Crippen molar-refractivity contribution in [2.24, 2.45) is 10.2 Å². The summed E-state index contributed by atoms with van der Waals surface area (Å²) in [5.41, 5.74) is -1.77. The van der Waals surface area contributed by atoms with Gasteiger partial charge in [0.2, 0.25) is 0 Å². The molecule has 0 aliphatic carbocycles. The summed E-state index contributed by atoms with van der Waals surface area (Å²) in [7, 11) is -20.5. The molecule has 0 bridgehead atoms. The van der Waals surface area contributed by atoms with E-state index >= 15 is 0 Å². The molecule has 1 N–H and O–H groups in total. The average molecular weight is 707 g/mol. The van der Waals surface area contributed by atoms with Gasteiger partial charge in [-0.2, -0.15) is 8.42 Å². The molecule has 0 amide bonds. The van der Waals surface area contributed by atoms with Crippen LogP contribution in [0.4, 0.5) is 11.4 Å². The van der Waals surface area contributed by atoms with Gasteiger partial charge in [0.1, 0.15) is 40.9 Å². The molecule has 0 radical (unpaired) electrons. The van der Waals surface area contributed by atoms with Crippen LogP contribution in [0.15, 0.2) is 84.4 Å². The maximum absolute atomic E-state index is 13.0. The topological polar surface area (TPSA) is 274 Å². The van der Waals surface area contributed by atoms with Gasteiger partial charge in [-0.25, -0.2) is 25.3 Å². The van der Waals surface area contributed by atoms with Crippen LogP contribution < -0.4 is 123 Å². The molecule has 0 heterocycles. The van der Waals surface area contributed by atoms with E-state index < -0.39 is 77.2 Å². The van der Waals surface area contributed by atoms with E-state index in [0.29, 0.717) is 18.2 Å². The van der Waals surface area contributed by atoms with Crippen molar-refractivity contribution in [3.63, 3.8) is 0 Å². The number of benzene rings is 4. The van der Waals surface area contributed by atoms with Crippen LogP contribution in [0.3, 0.4) is 0 Å². The second-order valence-corrected chi connectivity index (χ2v) is 13.3. The summed E-state index contributed by atoms with van der Waals surface area (Å²) < 4.78 is 137. The van der Waals surface area contributed by atoms with Crippen LogP contribution in [0, 0.1) is 0 Å². The molecule has 4 aromatic rings. The van der Waals surface area contributed by atoms with Crippen molar-refractivity contribution in [3.8, 4) is 5.75 Å². The van der Waals surface area contributed by atoms with E-state index in [0.717, 1.165) is 36.4 Å². The molecule has 0 aromatic heterocycles. The normalized spacial score (nSPS) is 12.2. The number of azo groups is 1. The molecular weight excluding hydrogens is 696 g/mol. The molecule has 0 atom stereocenters. The fourth-order valence-corrected chi connectivity index (χ4v) is 5.84. The summed E-state index contributed by atoms with van der Waals surface area (Å²) in [4.78, 5) is -3.79. The summed E-state index contributed by atoms with van der Waals surface area (Å²) in [6.07, 6.45) is 0. The van der Waals surface area contributed by atoms with Crippen molar-refractivity contribution >= 4 is 73.4 Å². The number of hydrogen-bond donors (Lipinski definition) is 1. The second kappa shape index (κ2) is 15.6. The molecule has 4 rings (SSSR count). The zero-order valence-electron chi connectivity index (χ0n) is 22.6. The average Bonchev–Trinajstić information content (AvgIpc) is 2.79. The SMILES string of the molecule is O=S(=O)([O-])c1ccc2cc(N=Nc3c(S(=O)(=O)O)cc4cc(S(=O)(=O)[O-])ccc4c3[O-])c(S(=O)(=O)[O-])cc2c1.[Na+].[Na+].[Na+].[Na+]. The van der Waals surface area contributed by atoms with Gasteiger partial charge in [-0.3, -0.25) is 4.55 Å². The van der Waals surface area contributed by atoms with E-state index in [1.54, 1.807) is 0 Å². The number of fused-ring (bicyclic) bond motifs is 2. The Morgan fingerprint density at radius 2 is 1.05 bits per heavy atom. The van der Waals surface area contributed by atoms with E-state index in [2.05, 4.69) is 10.2 Å². The van der Waals surface area contributed by atoms with Gasteiger partial charge in [0, 0.05) is 0 Å². The van der Waals surface area contributed by atoms with Crippen molar-refractivity contribution in [2.45, 2.75) is 19.6 Å². The van der Waals surface area contributed by atoms with Crippen molar-refractivity contribution in [2.75, 3.05) is 0 Å². The fourth-order valence-electron chi connectivity index (χ4n) is 3.54. The van der Waals surface area contributed by atoms with Crippen LogP contribution in [0.5, 0.6) is 5.75 Å². The Hall–Kier alpha value is 0.440. The van der Waals surface area contributed by atoms with E-state index in [1.807, 2.05) is 0 Å². The van der Waals surface area contributed by atoms with E-state index in [1.165, 1.54) is 0 Å². The summed E-state index contributed by atoms with van der Waals surface area (Å²) >= 11 is 0. The fraction of sp³-hybridized carbons (Fsp3) is 0. The molecule has 0 unspecified atom stereocenters. The van der Waals surface area contributed by atoms with Crippen LogP contribution in [-0.2, 0) is 40.5 Å². The van der Waals surface area contributed by atoms with Crippen LogP contribution in [0.25, 0.3) is 21.5 Å². The van der Waals surface area contributed by atoms with E-state index in [4.69, 9.17) is 0 Å². The minimum Gasteiger partial charge on any atom is -0.871 e. The Morgan fingerprint density at radius 1 is 0.558 bits per heavy atom. The molecule has 0 aliphatic heterocycles. The van der Waals surface area contributed by atoms with Gasteiger partial charge >= 0.3 is 118 Å². The molecule has 0 saturated heterocycles. The van der Waals surface area contributed by atoms with Crippen molar-refractivity contribution in [1.82, 2.24) is 0 Å². The first-order valence-electron chi connectivity index (χ1n) is 9.89. The third-order valence-corrected chi connectivity index (χ3v) is 8.67. The smallest absolute Gasteiger partial charge is 0.871 e. The number of hydrogen-bond acceptors (Lipinski definition) is 14. The zero-order valence-corrected chi connectivity index (χ0v) is 33.8. The maximum atomic E-state index is 13.0. The molecular formula is C20H10N2Na4O13S4. The van der Waals surface area contributed by atoms with Crippen molar-refractivity contribution < 1.29 is 175 Å². The molecule has 0 spiro atoms. The van der Waals surface area contributed by atoms with E-state index in [9.17, 15) is 57.0 Å². The van der Waals surface area contributed by atoms with Crippen LogP contribution in [-0.4, -0.2) is 51.9 Å². The van der Waals surface area contributed by atoms with Gasteiger partial charge in [0.25, 0.3) is 10.1 Å². The Kier molecular flexibility index (Phi) is 15.7. The Morgan fingerprint density at radius 3 is 1.53 bits per heavy atom. The summed E-state index contributed by atoms with van der Waals surface area (Å²) in [6, 6.07) is 7.36. The molecule has 206 valence electrons. The Labute approximate surface area is 333 Å². The van der Waals surface area contributed by atoms with Crippen LogP contribution >= 0.6 is 0 Å². The zero-order chi connectivity index (χ0) is 29.1. The standard InChI is InChI=1S/C20H14N2O13S4.4Na/c23-20-15-4-3-14(37(27,28)29)6-12(15)9-18(39(33,34)35)19(20)22-21-16-7-10-1-2-13(36(24,25)26)5-11(10)8-17(16)38(30,31)32;;;;/h1-9,23H,(H,24,25,26)(H,27,28,29)(H,30,31,32)(H,33,34,35);;;;/q;4*+1/p-4. The van der Waals surface area contributed by atoms with Gasteiger partial charge in [-0.1, -0.05) is 17.9 Å². The first kappa shape index (κ1) is 43.4. The molecule has 0 saturated carbocycles. The first-order chi connectivity index (χ1) is 17.8. The predicted octanol–water partition coefficient (Wildman–Crippen LogP) is -10.5. The minimum atomic E-state index is -5.34. The predicted molar refractivity (Wildman–Crippen MR) is 125 cm³/mol. The van der Waals surface area contributed by atoms with Gasteiger partial charge in [-0.15, -0.1) is 10.2 Å². The van der Waals surface area contributed by atoms with Crippen LogP contribution in [0.1, 0.15) is 0 Å². The van der Waals surface area contributed by atoms with Gasteiger partial charge in [0.05, 0.1) is 20.4 Å². The quantitative estimate of drug-likeness (QED) is 0.111. The second-order valence-electron chi connectivity index (χ2n) is 7.80. The Balaban J connectivity index is 0.00000441. The van der Waals surface area contributed by atoms with Gasteiger partial charge in [0.15, 0.2) is 0 Å². The number of rotatable bonds is 6. The van der Waals surface area contributed by atoms with Crippen molar-refractivity contribution in [1.29, 1.82) is 0 Å². The first-order valence-corrected chi connectivity index (χ1v) is 15.6. The third kappa shape index (κ3) is 9.97. The van der Waals surface area contributed by atoms with Crippen molar-refractivity contribution in [3.05, 3.63) is 54.6 Å². The monoisotopic (exact) mass is 706 g/mol. The molecule has 4 aromatic carbocycles. The van der Waals surface area contributed by atoms with Gasteiger partial charge in [-0.05, 0) is 64.0 Å². The minimum absolute atomic E-state index is 0. The molecule has 23 heteroatoms. The summed E-state index contributed by atoms with van der Waals surface area (Å²) in [6.45, 7) is 0. The van der Waals surface area contributed by atoms with Crippen LogP contribution in [0.2, 0.25) is 0 Å². The molecule has 0 fully saturated rings. The summed E-state index contributed by atoms with van der Waals surface area (Å²) in [5, 5.41) is 19.1. The molecule has 43 heavy (non-hydrogen) atoms. The summed E-state index contributed by atoms with van der Waals surface area (Å²) in [5.74, 6) is -1.23. The maximum Gasteiger partial charge on any atom is 1.00 e. The Bertz CT molecular complexity index is 2190. The molecule has 0 aliphatic rings. The third-order valence-electron chi connectivity index (χ3n) is 5.27.